The first-order valence-corrected chi connectivity index (χ1v) is 5.14. The molecule has 0 heterocycles. The van der Waals surface area contributed by atoms with Crippen LogP contribution in [0.15, 0.2) is 60.9 Å². The quantitative estimate of drug-likeness (QED) is 0.745. The van der Waals surface area contributed by atoms with E-state index < -0.39 is 0 Å². The maximum Gasteiger partial charge on any atom is 0.0876 e. The van der Waals surface area contributed by atoms with Gasteiger partial charge in [-0.25, -0.2) is 0 Å². The highest BCUT2D eigenvalue weighted by atomic mass is 16.2. The molecule has 2 aromatic rings. The molecule has 0 saturated heterocycles. The summed E-state index contributed by atoms with van der Waals surface area (Å²) in [6.45, 7) is 3.96. The maximum absolute atomic E-state index is 9.37. The largest absolute Gasteiger partial charge is 0.515 e. The van der Waals surface area contributed by atoms with Crippen molar-refractivity contribution in [2.24, 2.45) is 0 Å². The van der Waals surface area contributed by atoms with Gasteiger partial charge in [-0.15, -0.1) is 0 Å². The molecule has 0 aromatic heterocycles. The number of hydrogen-bond acceptors (Lipinski definition) is 1. The molecule has 79 valence electrons. The molecule has 0 aliphatic heterocycles. The summed E-state index contributed by atoms with van der Waals surface area (Å²) in [4.78, 5) is 0. The molecule has 0 amide bonds. The molecule has 1 heteroatoms. The lowest BCUT2D eigenvalue weighted by molar-refractivity contribution is 0.476. The maximum atomic E-state index is 9.37. The Balaban J connectivity index is 2.51. The van der Waals surface area contributed by atoms with Crippen molar-refractivity contribution in [2.45, 2.75) is 0 Å². The fraction of sp³-hybridized carbons (Fsp3) is 0. The second kappa shape index (κ2) is 4.67. The Morgan fingerprint density at radius 2 is 1.56 bits per heavy atom. The zero-order valence-electron chi connectivity index (χ0n) is 8.93. The fourth-order valence-electron chi connectivity index (χ4n) is 1.70. The van der Waals surface area contributed by atoms with E-state index in [4.69, 9.17) is 0 Å². The number of benzene rings is 2. The molecular formula is C15H13O. The molecule has 2 aromatic carbocycles. The lowest BCUT2D eigenvalue weighted by Gasteiger charge is -2.09. The van der Waals surface area contributed by atoms with Crippen LogP contribution < -0.4 is 0 Å². The molecule has 0 spiro atoms. The number of rotatable bonds is 2. The summed E-state index contributed by atoms with van der Waals surface area (Å²) >= 11 is 0. The fourth-order valence-corrected chi connectivity index (χ4v) is 1.70. The SMILES string of the molecule is [CH2]c1ccccc1/C(=C/O)c1ccccc1. The van der Waals surface area contributed by atoms with E-state index in [9.17, 15) is 5.11 Å². The summed E-state index contributed by atoms with van der Waals surface area (Å²) in [5.74, 6) is 0. The minimum absolute atomic E-state index is 0.797. The molecule has 0 bridgehead atoms. The third kappa shape index (κ3) is 1.98. The average Bonchev–Trinajstić information content (AvgIpc) is 2.34. The topological polar surface area (TPSA) is 20.2 Å². The van der Waals surface area contributed by atoms with Crippen molar-refractivity contribution >= 4 is 5.57 Å². The van der Waals surface area contributed by atoms with E-state index in [0.29, 0.717) is 0 Å². The standard InChI is InChI=1S/C15H13O/c1-12-7-5-6-10-14(12)15(11-16)13-8-3-2-4-9-13/h2-11,16H,1H2/b15-11+. The summed E-state index contributed by atoms with van der Waals surface area (Å²) < 4.78 is 0. The van der Waals surface area contributed by atoms with Crippen LogP contribution in [0.4, 0.5) is 0 Å². The van der Waals surface area contributed by atoms with E-state index in [1.807, 2.05) is 54.6 Å². The predicted molar refractivity (Wildman–Crippen MR) is 67.1 cm³/mol. The summed E-state index contributed by atoms with van der Waals surface area (Å²) in [7, 11) is 0. The predicted octanol–water partition coefficient (Wildman–Crippen LogP) is 3.82. The highest BCUT2D eigenvalue weighted by molar-refractivity contribution is 5.80. The van der Waals surface area contributed by atoms with Crippen LogP contribution in [0, 0.1) is 6.92 Å². The first kappa shape index (κ1) is 10.5. The van der Waals surface area contributed by atoms with Crippen LogP contribution in [-0.4, -0.2) is 5.11 Å². The van der Waals surface area contributed by atoms with Gasteiger partial charge in [0.1, 0.15) is 0 Å². The average molecular weight is 209 g/mol. The number of aliphatic hydroxyl groups excluding tert-OH is 1. The minimum Gasteiger partial charge on any atom is -0.515 e. The molecule has 0 saturated carbocycles. The lowest BCUT2D eigenvalue weighted by Crippen LogP contribution is -1.91. The van der Waals surface area contributed by atoms with Gasteiger partial charge in [-0.1, -0.05) is 54.6 Å². The molecule has 0 unspecified atom stereocenters. The molecule has 16 heavy (non-hydrogen) atoms. The number of aliphatic hydroxyl groups is 1. The smallest absolute Gasteiger partial charge is 0.0876 e. The normalized spacial score (nSPS) is 11.4. The van der Waals surface area contributed by atoms with Crippen molar-refractivity contribution in [3.63, 3.8) is 0 Å². The zero-order valence-corrected chi connectivity index (χ0v) is 8.93. The minimum atomic E-state index is 0.797. The Bertz CT molecular complexity index is 498. The summed E-state index contributed by atoms with van der Waals surface area (Å²) in [5, 5.41) is 9.37. The van der Waals surface area contributed by atoms with Crippen molar-refractivity contribution in [2.75, 3.05) is 0 Å². The van der Waals surface area contributed by atoms with Crippen molar-refractivity contribution < 1.29 is 5.11 Å². The highest BCUT2D eigenvalue weighted by Crippen LogP contribution is 2.25. The van der Waals surface area contributed by atoms with Crippen LogP contribution in [0.2, 0.25) is 0 Å². The van der Waals surface area contributed by atoms with Gasteiger partial charge in [0.25, 0.3) is 0 Å². The third-order valence-electron chi connectivity index (χ3n) is 2.52. The van der Waals surface area contributed by atoms with E-state index in [0.717, 1.165) is 28.5 Å². The van der Waals surface area contributed by atoms with Crippen LogP contribution in [0.25, 0.3) is 5.57 Å². The van der Waals surface area contributed by atoms with E-state index in [1.54, 1.807) is 0 Å². The van der Waals surface area contributed by atoms with E-state index in [1.165, 1.54) is 0 Å². The Morgan fingerprint density at radius 3 is 2.19 bits per heavy atom. The van der Waals surface area contributed by atoms with Gasteiger partial charge in [-0.2, -0.15) is 0 Å². The molecule has 0 atom stereocenters. The van der Waals surface area contributed by atoms with Gasteiger partial charge >= 0.3 is 0 Å². The van der Waals surface area contributed by atoms with Crippen molar-refractivity contribution in [1.82, 2.24) is 0 Å². The van der Waals surface area contributed by atoms with Crippen molar-refractivity contribution in [3.8, 4) is 0 Å². The molecular weight excluding hydrogens is 196 g/mol. The Hall–Kier alpha value is -2.02. The van der Waals surface area contributed by atoms with Crippen LogP contribution in [-0.2, 0) is 0 Å². The third-order valence-corrected chi connectivity index (χ3v) is 2.52. The van der Waals surface area contributed by atoms with E-state index >= 15 is 0 Å². The van der Waals surface area contributed by atoms with Crippen LogP contribution in [0.1, 0.15) is 16.7 Å². The Labute approximate surface area is 95.7 Å². The van der Waals surface area contributed by atoms with Gasteiger partial charge in [-0.05, 0) is 23.6 Å². The van der Waals surface area contributed by atoms with Crippen LogP contribution >= 0.6 is 0 Å². The van der Waals surface area contributed by atoms with Crippen molar-refractivity contribution in [3.05, 3.63) is 84.5 Å². The molecule has 0 aliphatic rings. The van der Waals surface area contributed by atoms with Crippen LogP contribution in [0.3, 0.4) is 0 Å². The first-order chi connectivity index (χ1) is 7.83. The molecule has 2 rings (SSSR count). The molecule has 1 nitrogen and oxygen atoms in total. The Morgan fingerprint density at radius 1 is 0.938 bits per heavy atom. The highest BCUT2D eigenvalue weighted by Gasteiger charge is 2.06. The second-order valence-corrected chi connectivity index (χ2v) is 3.57. The Kier molecular flexibility index (Phi) is 3.06. The van der Waals surface area contributed by atoms with Gasteiger partial charge in [-0.3, -0.25) is 0 Å². The van der Waals surface area contributed by atoms with E-state index in [2.05, 4.69) is 6.92 Å². The second-order valence-electron chi connectivity index (χ2n) is 3.57. The summed E-state index contributed by atoms with van der Waals surface area (Å²) in [5.41, 5.74) is 3.65. The molecule has 0 aliphatic carbocycles. The van der Waals surface area contributed by atoms with Gasteiger partial charge in [0.15, 0.2) is 0 Å². The summed E-state index contributed by atoms with van der Waals surface area (Å²) in [6, 6.07) is 17.5. The van der Waals surface area contributed by atoms with E-state index in [-0.39, 0.29) is 0 Å². The first-order valence-electron chi connectivity index (χ1n) is 5.14. The van der Waals surface area contributed by atoms with Gasteiger partial charge in [0.05, 0.1) is 6.26 Å². The molecule has 1 radical (unpaired) electrons. The van der Waals surface area contributed by atoms with Gasteiger partial charge in [0, 0.05) is 5.57 Å². The zero-order chi connectivity index (χ0) is 11.4. The number of hydrogen-bond donors (Lipinski definition) is 1. The monoisotopic (exact) mass is 209 g/mol. The van der Waals surface area contributed by atoms with Crippen LogP contribution in [0.5, 0.6) is 0 Å². The van der Waals surface area contributed by atoms with Gasteiger partial charge in [0.2, 0.25) is 0 Å². The summed E-state index contributed by atoms with van der Waals surface area (Å²) in [6.07, 6.45) is 1.14. The lowest BCUT2D eigenvalue weighted by atomic mass is 9.96. The van der Waals surface area contributed by atoms with Gasteiger partial charge < -0.3 is 5.11 Å². The molecule has 1 N–H and O–H groups in total. The van der Waals surface area contributed by atoms with Crippen molar-refractivity contribution in [1.29, 1.82) is 0 Å². The molecule has 0 fully saturated rings.